The van der Waals surface area contributed by atoms with E-state index in [4.69, 9.17) is 4.42 Å². The van der Waals surface area contributed by atoms with Gasteiger partial charge in [-0.3, -0.25) is 0 Å². The molecular weight excluding hydrogens is 192 g/mol. The normalized spacial score (nSPS) is 9.27. The monoisotopic (exact) mass is 206 g/mol. The molecule has 0 atom stereocenters. The summed E-state index contributed by atoms with van der Waals surface area (Å²) in [4.78, 5) is 11.1. The van der Waals surface area contributed by atoms with Crippen molar-refractivity contribution in [3.8, 4) is 0 Å². The Morgan fingerprint density at radius 3 is 2.53 bits per heavy atom. The predicted molar refractivity (Wildman–Crippen MR) is 58.9 cm³/mol. The van der Waals surface area contributed by atoms with Crippen molar-refractivity contribution in [2.45, 2.75) is 13.8 Å². The first-order valence-electron chi connectivity index (χ1n) is 4.88. The number of carbonyl (C=O) groups excluding carboxylic acids is 1. The van der Waals surface area contributed by atoms with Crippen LogP contribution in [0.25, 0.3) is 11.0 Å². The van der Waals surface area contributed by atoms with Crippen molar-refractivity contribution < 1.29 is 13.9 Å². The molecule has 0 aliphatic carbocycles. The van der Waals surface area contributed by atoms with E-state index >= 15 is 0 Å². The lowest BCUT2D eigenvalue weighted by Gasteiger charge is -1.90. The molecule has 0 aliphatic heterocycles. The molecule has 3 heteroatoms. The number of methoxy groups -OCH3 is 1. The molecule has 1 heterocycles. The van der Waals surface area contributed by atoms with Crippen LogP contribution in [0.15, 0.2) is 34.7 Å². The quantitative estimate of drug-likeness (QED) is 0.672. The molecule has 15 heavy (non-hydrogen) atoms. The molecule has 80 valence electrons. The zero-order valence-electron chi connectivity index (χ0n) is 9.11. The molecule has 1 aromatic heterocycles. The van der Waals surface area contributed by atoms with Gasteiger partial charge in [0.25, 0.3) is 0 Å². The molecule has 1 aromatic carbocycles. The largest absolute Gasteiger partial charge is 0.463 e. The average Bonchev–Trinajstić information content (AvgIpc) is 2.74. The third kappa shape index (κ3) is 2.37. The SMILES string of the molecule is CC.COC(=O)c1cc2ccccc2o1. The fraction of sp³-hybridized carbons (Fsp3) is 0.250. The van der Waals surface area contributed by atoms with Gasteiger partial charge >= 0.3 is 5.97 Å². The Morgan fingerprint density at radius 2 is 1.93 bits per heavy atom. The van der Waals surface area contributed by atoms with Gasteiger partial charge in [-0.1, -0.05) is 32.0 Å². The second-order valence-electron chi connectivity index (χ2n) is 2.64. The number of hydrogen-bond donors (Lipinski definition) is 0. The van der Waals surface area contributed by atoms with Gasteiger partial charge in [0.1, 0.15) is 5.58 Å². The van der Waals surface area contributed by atoms with Gasteiger partial charge in [0.05, 0.1) is 7.11 Å². The Bertz CT molecular complexity index is 410. The minimum absolute atomic E-state index is 0.240. The lowest BCUT2D eigenvalue weighted by Crippen LogP contribution is -1.97. The van der Waals surface area contributed by atoms with Crippen LogP contribution in [-0.2, 0) is 4.74 Å². The molecule has 0 aliphatic rings. The standard InChI is InChI=1S/C10H8O3.C2H6/c1-12-10(11)9-6-7-4-2-3-5-8(7)13-9;1-2/h2-6H,1H3;1-2H3. The Kier molecular flexibility index (Phi) is 3.92. The number of fused-ring (bicyclic) bond motifs is 1. The molecule has 2 aromatic rings. The summed E-state index contributed by atoms with van der Waals surface area (Å²) in [5, 5.41) is 0.905. The number of ether oxygens (including phenoxy) is 1. The van der Waals surface area contributed by atoms with Crippen molar-refractivity contribution in [3.05, 3.63) is 36.1 Å². The molecule has 0 saturated heterocycles. The van der Waals surface area contributed by atoms with Crippen LogP contribution in [0.2, 0.25) is 0 Å². The molecule has 0 spiro atoms. The predicted octanol–water partition coefficient (Wildman–Crippen LogP) is 3.25. The molecule has 2 rings (SSSR count). The summed E-state index contributed by atoms with van der Waals surface area (Å²) < 4.78 is 9.78. The lowest BCUT2D eigenvalue weighted by atomic mass is 10.2. The molecule has 3 nitrogen and oxygen atoms in total. The summed E-state index contributed by atoms with van der Waals surface area (Å²) >= 11 is 0. The van der Waals surface area contributed by atoms with E-state index < -0.39 is 5.97 Å². The van der Waals surface area contributed by atoms with Crippen LogP contribution in [0.5, 0.6) is 0 Å². The highest BCUT2D eigenvalue weighted by Crippen LogP contribution is 2.18. The maximum Gasteiger partial charge on any atom is 0.373 e. The molecule has 0 unspecified atom stereocenters. The van der Waals surface area contributed by atoms with E-state index in [2.05, 4.69) is 4.74 Å². The zero-order chi connectivity index (χ0) is 11.3. The molecule has 0 radical (unpaired) electrons. The van der Waals surface area contributed by atoms with Crippen LogP contribution in [0, 0.1) is 0 Å². The van der Waals surface area contributed by atoms with E-state index in [-0.39, 0.29) is 5.76 Å². The van der Waals surface area contributed by atoms with Gasteiger partial charge in [-0.15, -0.1) is 0 Å². The van der Waals surface area contributed by atoms with Crippen LogP contribution in [0.3, 0.4) is 0 Å². The van der Waals surface area contributed by atoms with Crippen molar-refractivity contribution in [2.24, 2.45) is 0 Å². The first-order valence-corrected chi connectivity index (χ1v) is 4.88. The Balaban J connectivity index is 0.000000531. The molecular formula is C12H14O3. The highest BCUT2D eigenvalue weighted by atomic mass is 16.5. The number of para-hydroxylation sites is 1. The van der Waals surface area contributed by atoms with Crippen molar-refractivity contribution >= 4 is 16.9 Å². The van der Waals surface area contributed by atoms with Crippen LogP contribution in [-0.4, -0.2) is 13.1 Å². The van der Waals surface area contributed by atoms with Crippen molar-refractivity contribution in [1.29, 1.82) is 0 Å². The van der Waals surface area contributed by atoms with Crippen LogP contribution < -0.4 is 0 Å². The molecule has 0 saturated carbocycles. The summed E-state index contributed by atoms with van der Waals surface area (Å²) in [6.07, 6.45) is 0. The fourth-order valence-electron chi connectivity index (χ4n) is 1.18. The van der Waals surface area contributed by atoms with Gasteiger partial charge in [-0.2, -0.15) is 0 Å². The summed E-state index contributed by atoms with van der Waals surface area (Å²) in [5.41, 5.74) is 0.697. The lowest BCUT2D eigenvalue weighted by molar-refractivity contribution is 0.0567. The number of furan rings is 1. The Morgan fingerprint density at radius 1 is 1.27 bits per heavy atom. The molecule has 0 amide bonds. The summed E-state index contributed by atoms with van der Waals surface area (Å²) in [5.74, 6) is -0.208. The number of benzene rings is 1. The average molecular weight is 206 g/mol. The van der Waals surface area contributed by atoms with E-state index in [1.807, 2.05) is 38.1 Å². The number of esters is 1. The molecule has 0 bridgehead atoms. The van der Waals surface area contributed by atoms with E-state index in [9.17, 15) is 4.79 Å². The van der Waals surface area contributed by atoms with E-state index in [1.54, 1.807) is 6.07 Å². The number of carbonyl (C=O) groups is 1. The Hall–Kier alpha value is -1.77. The second-order valence-corrected chi connectivity index (χ2v) is 2.64. The summed E-state index contributed by atoms with van der Waals surface area (Å²) in [6, 6.07) is 9.10. The van der Waals surface area contributed by atoms with Crippen molar-refractivity contribution in [2.75, 3.05) is 7.11 Å². The summed E-state index contributed by atoms with van der Waals surface area (Å²) in [7, 11) is 1.33. The third-order valence-corrected chi connectivity index (χ3v) is 1.81. The summed E-state index contributed by atoms with van der Waals surface area (Å²) in [6.45, 7) is 4.00. The molecule has 0 N–H and O–H groups in total. The third-order valence-electron chi connectivity index (χ3n) is 1.81. The van der Waals surface area contributed by atoms with Gasteiger partial charge in [0.15, 0.2) is 0 Å². The number of hydrogen-bond acceptors (Lipinski definition) is 3. The van der Waals surface area contributed by atoms with E-state index in [1.165, 1.54) is 7.11 Å². The maximum atomic E-state index is 11.1. The van der Waals surface area contributed by atoms with Crippen LogP contribution in [0.4, 0.5) is 0 Å². The smallest absolute Gasteiger partial charge is 0.373 e. The second kappa shape index (κ2) is 5.20. The van der Waals surface area contributed by atoms with E-state index in [0.717, 1.165) is 5.39 Å². The highest BCUT2D eigenvalue weighted by Gasteiger charge is 2.10. The topological polar surface area (TPSA) is 39.4 Å². The fourth-order valence-corrected chi connectivity index (χ4v) is 1.18. The minimum atomic E-state index is -0.448. The van der Waals surface area contributed by atoms with Crippen molar-refractivity contribution in [3.63, 3.8) is 0 Å². The van der Waals surface area contributed by atoms with Crippen LogP contribution >= 0.6 is 0 Å². The van der Waals surface area contributed by atoms with Gasteiger partial charge < -0.3 is 9.15 Å². The first kappa shape index (κ1) is 11.3. The highest BCUT2D eigenvalue weighted by molar-refractivity contribution is 5.92. The van der Waals surface area contributed by atoms with Crippen LogP contribution in [0.1, 0.15) is 24.4 Å². The van der Waals surface area contributed by atoms with Gasteiger partial charge in [-0.05, 0) is 12.1 Å². The maximum absolute atomic E-state index is 11.1. The minimum Gasteiger partial charge on any atom is -0.463 e. The van der Waals surface area contributed by atoms with Crippen molar-refractivity contribution in [1.82, 2.24) is 0 Å². The zero-order valence-corrected chi connectivity index (χ0v) is 9.11. The molecule has 0 fully saturated rings. The Labute approximate surface area is 88.6 Å². The van der Waals surface area contributed by atoms with Gasteiger partial charge in [0.2, 0.25) is 5.76 Å². The number of rotatable bonds is 1. The first-order chi connectivity index (χ1) is 7.31. The van der Waals surface area contributed by atoms with E-state index in [0.29, 0.717) is 5.58 Å². The van der Waals surface area contributed by atoms with Gasteiger partial charge in [-0.25, -0.2) is 4.79 Å². The van der Waals surface area contributed by atoms with Gasteiger partial charge in [0, 0.05) is 5.39 Å².